The number of hydrogen-bond acceptors (Lipinski definition) is 8. The van der Waals surface area contributed by atoms with Gasteiger partial charge in [0.25, 0.3) is 0 Å². The molecule has 0 spiro atoms. The maximum Gasteiger partial charge on any atom is 0.323 e. The molecule has 3 aromatic heterocycles. The Morgan fingerprint density at radius 2 is 1.77 bits per heavy atom. The van der Waals surface area contributed by atoms with Gasteiger partial charge < -0.3 is 15.5 Å². The van der Waals surface area contributed by atoms with Gasteiger partial charge in [0.2, 0.25) is 5.95 Å². The molecule has 44 heavy (non-hydrogen) atoms. The van der Waals surface area contributed by atoms with E-state index in [1.165, 1.54) is 6.42 Å². The minimum absolute atomic E-state index is 0.00800. The van der Waals surface area contributed by atoms with Crippen LogP contribution in [0.15, 0.2) is 67.3 Å². The predicted molar refractivity (Wildman–Crippen MR) is 170 cm³/mol. The highest BCUT2D eigenvalue weighted by atomic mass is 16.2. The number of rotatable bonds is 8. The van der Waals surface area contributed by atoms with E-state index < -0.39 is 0 Å². The Balaban J connectivity index is 1.15. The summed E-state index contributed by atoms with van der Waals surface area (Å²) in [5.41, 5.74) is 3.48. The van der Waals surface area contributed by atoms with Crippen LogP contribution in [0.2, 0.25) is 0 Å². The summed E-state index contributed by atoms with van der Waals surface area (Å²) in [6, 6.07) is 16.1. The van der Waals surface area contributed by atoms with Crippen molar-refractivity contribution in [3.63, 3.8) is 0 Å². The maximum atomic E-state index is 13.7. The summed E-state index contributed by atoms with van der Waals surface area (Å²) in [4.78, 5) is 31.7. The van der Waals surface area contributed by atoms with Crippen molar-refractivity contribution in [3.8, 4) is 17.2 Å². The van der Waals surface area contributed by atoms with Crippen molar-refractivity contribution in [1.82, 2.24) is 30.0 Å². The largest absolute Gasteiger partial charge is 0.355 e. The zero-order valence-corrected chi connectivity index (χ0v) is 25.1. The SMILES string of the molecule is Cn1cc(-c2ccc(N(C(=O)NCc3ccccc3)C3CCC(Nc4ncc(C#N)c(N5CCCCC5)n4)CC3)nc2)cn1. The Morgan fingerprint density at radius 3 is 2.45 bits per heavy atom. The molecule has 1 aromatic carbocycles. The fourth-order valence-electron chi connectivity index (χ4n) is 6.11. The predicted octanol–water partition coefficient (Wildman–Crippen LogP) is 5.27. The summed E-state index contributed by atoms with van der Waals surface area (Å²) in [5.74, 6) is 1.90. The zero-order valence-electron chi connectivity index (χ0n) is 25.1. The third kappa shape index (κ3) is 6.80. The number of hydrogen-bond donors (Lipinski definition) is 2. The van der Waals surface area contributed by atoms with E-state index in [9.17, 15) is 10.1 Å². The minimum Gasteiger partial charge on any atom is -0.355 e. The highest BCUT2D eigenvalue weighted by Crippen LogP contribution is 2.30. The standard InChI is InChI=1S/C33H38N10O/c1-41-23-27(22-38-41)25-10-15-30(35-20-25)43(33(44)37-19-24-8-4-2-5-9-24)29-13-11-28(12-14-29)39-32-36-21-26(18-34)31(40-32)42-16-6-3-7-17-42/h2,4-5,8-10,15,20-23,28-29H,3,6-7,11-14,16-17,19H2,1H3,(H,37,44)(H,36,39,40). The number of carbonyl (C=O) groups is 1. The lowest BCUT2D eigenvalue weighted by molar-refractivity contribution is 0.240. The second kappa shape index (κ2) is 13.5. The van der Waals surface area contributed by atoms with E-state index >= 15 is 0 Å². The molecule has 2 fully saturated rings. The van der Waals surface area contributed by atoms with Gasteiger partial charge in [0, 0.05) is 62.3 Å². The summed E-state index contributed by atoms with van der Waals surface area (Å²) in [7, 11) is 1.89. The van der Waals surface area contributed by atoms with E-state index in [0.29, 0.717) is 23.9 Å². The van der Waals surface area contributed by atoms with Gasteiger partial charge in [0.1, 0.15) is 17.5 Å². The lowest BCUT2D eigenvalue weighted by Crippen LogP contribution is -2.49. The third-order valence-corrected chi connectivity index (χ3v) is 8.48. The number of aryl methyl sites for hydroxylation is 1. The summed E-state index contributed by atoms with van der Waals surface area (Å²) in [5, 5.41) is 20.5. The van der Waals surface area contributed by atoms with Crippen LogP contribution in [0.5, 0.6) is 0 Å². The van der Waals surface area contributed by atoms with Crippen molar-refractivity contribution < 1.29 is 4.79 Å². The van der Waals surface area contributed by atoms with E-state index in [1.807, 2.05) is 66.8 Å². The average molecular weight is 591 g/mol. The van der Waals surface area contributed by atoms with Gasteiger partial charge in [-0.15, -0.1) is 0 Å². The van der Waals surface area contributed by atoms with Gasteiger partial charge in [0.05, 0.1) is 12.4 Å². The molecule has 2 aliphatic rings. The molecule has 2 amide bonds. The van der Waals surface area contributed by atoms with Crippen LogP contribution in [-0.2, 0) is 13.6 Å². The van der Waals surface area contributed by atoms with Gasteiger partial charge in [-0.25, -0.2) is 14.8 Å². The molecule has 1 saturated heterocycles. The monoisotopic (exact) mass is 590 g/mol. The molecule has 0 radical (unpaired) electrons. The lowest BCUT2D eigenvalue weighted by atomic mass is 9.90. The fraction of sp³-hybridized carbons (Fsp3) is 0.394. The van der Waals surface area contributed by atoms with Crippen LogP contribution in [-0.4, -0.2) is 55.9 Å². The molecule has 6 rings (SSSR count). The number of anilines is 3. The Hall–Kier alpha value is -4.98. The van der Waals surface area contributed by atoms with Gasteiger partial charge in [-0.3, -0.25) is 9.58 Å². The molecule has 1 aliphatic carbocycles. The zero-order chi connectivity index (χ0) is 30.3. The molecule has 226 valence electrons. The molecule has 4 aromatic rings. The number of pyridine rings is 1. The lowest BCUT2D eigenvalue weighted by Gasteiger charge is -2.36. The molecule has 0 atom stereocenters. The normalized spacial score (nSPS) is 18.3. The van der Waals surface area contributed by atoms with Crippen molar-refractivity contribution in [1.29, 1.82) is 5.26 Å². The molecule has 11 heteroatoms. The molecule has 11 nitrogen and oxygen atoms in total. The van der Waals surface area contributed by atoms with Crippen LogP contribution in [0, 0.1) is 11.3 Å². The van der Waals surface area contributed by atoms with Gasteiger partial charge in [-0.1, -0.05) is 30.3 Å². The van der Waals surface area contributed by atoms with Crippen molar-refractivity contribution in [2.45, 2.75) is 63.6 Å². The molecular formula is C33H38N10O. The van der Waals surface area contributed by atoms with Crippen molar-refractivity contribution in [3.05, 3.63) is 78.4 Å². The van der Waals surface area contributed by atoms with Crippen LogP contribution in [0.1, 0.15) is 56.1 Å². The quantitative estimate of drug-likeness (QED) is 0.284. The van der Waals surface area contributed by atoms with Crippen LogP contribution in [0.4, 0.5) is 22.4 Å². The molecule has 1 saturated carbocycles. The van der Waals surface area contributed by atoms with Gasteiger partial charge in [0.15, 0.2) is 5.82 Å². The number of nitriles is 1. The van der Waals surface area contributed by atoms with Crippen LogP contribution in [0.3, 0.4) is 0 Å². The Morgan fingerprint density at radius 1 is 0.977 bits per heavy atom. The Labute approximate surface area is 258 Å². The molecule has 2 N–H and O–H groups in total. The van der Waals surface area contributed by atoms with Crippen LogP contribution < -0.4 is 20.4 Å². The van der Waals surface area contributed by atoms with E-state index in [2.05, 4.69) is 31.7 Å². The van der Waals surface area contributed by atoms with Gasteiger partial charge in [-0.05, 0) is 62.6 Å². The highest BCUT2D eigenvalue weighted by molar-refractivity contribution is 5.91. The van der Waals surface area contributed by atoms with Crippen molar-refractivity contribution in [2.75, 3.05) is 28.2 Å². The number of nitrogens with one attached hydrogen (secondary N) is 2. The minimum atomic E-state index is -0.159. The first kappa shape index (κ1) is 29.1. The second-order valence-corrected chi connectivity index (χ2v) is 11.6. The molecule has 0 unspecified atom stereocenters. The summed E-state index contributed by atoms with van der Waals surface area (Å²) < 4.78 is 1.76. The van der Waals surface area contributed by atoms with E-state index in [4.69, 9.17) is 9.97 Å². The number of carbonyl (C=O) groups excluding carboxylic acids is 1. The summed E-state index contributed by atoms with van der Waals surface area (Å²) in [6.07, 6.45) is 13.9. The highest BCUT2D eigenvalue weighted by Gasteiger charge is 2.31. The van der Waals surface area contributed by atoms with E-state index in [1.54, 1.807) is 17.1 Å². The Bertz CT molecular complexity index is 1580. The van der Waals surface area contributed by atoms with E-state index in [-0.39, 0.29) is 18.1 Å². The Kier molecular flexibility index (Phi) is 8.96. The maximum absolute atomic E-state index is 13.7. The second-order valence-electron chi connectivity index (χ2n) is 11.6. The van der Waals surface area contributed by atoms with Crippen LogP contribution >= 0.6 is 0 Å². The first-order chi connectivity index (χ1) is 21.6. The average Bonchev–Trinajstić information content (AvgIpc) is 3.52. The topological polar surface area (TPSA) is 128 Å². The number of urea groups is 1. The fourth-order valence-corrected chi connectivity index (χ4v) is 6.11. The number of nitrogens with zero attached hydrogens (tertiary/aromatic N) is 8. The van der Waals surface area contributed by atoms with Crippen LogP contribution in [0.25, 0.3) is 11.1 Å². The van der Waals surface area contributed by atoms with Gasteiger partial charge in [-0.2, -0.15) is 15.3 Å². The van der Waals surface area contributed by atoms with Crippen molar-refractivity contribution in [2.24, 2.45) is 7.05 Å². The number of amides is 2. The van der Waals surface area contributed by atoms with E-state index in [0.717, 1.165) is 74.1 Å². The first-order valence-corrected chi connectivity index (χ1v) is 15.4. The number of piperidine rings is 1. The molecule has 1 aliphatic heterocycles. The van der Waals surface area contributed by atoms with Gasteiger partial charge >= 0.3 is 6.03 Å². The molecular weight excluding hydrogens is 552 g/mol. The third-order valence-electron chi connectivity index (χ3n) is 8.48. The first-order valence-electron chi connectivity index (χ1n) is 15.4. The smallest absolute Gasteiger partial charge is 0.323 e. The number of benzene rings is 1. The number of aromatic nitrogens is 5. The molecule has 4 heterocycles. The molecule has 0 bridgehead atoms. The van der Waals surface area contributed by atoms with Crippen molar-refractivity contribution >= 4 is 23.6 Å². The summed E-state index contributed by atoms with van der Waals surface area (Å²) in [6.45, 7) is 2.27. The summed E-state index contributed by atoms with van der Waals surface area (Å²) >= 11 is 0.